The number of hydrogen-bond donors (Lipinski definition) is 1. The van der Waals surface area contributed by atoms with Gasteiger partial charge in [0.1, 0.15) is 5.69 Å². The Morgan fingerprint density at radius 3 is 2.27 bits per heavy atom. The monoisotopic (exact) mass is 206 g/mol. The molecule has 15 heavy (non-hydrogen) atoms. The van der Waals surface area contributed by atoms with Gasteiger partial charge >= 0.3 is 0 Å². The van der Waals surface area contributed by atoms with E-state index in [1.165, 1.54) is 0 Å². The van der Waals surface area contributed by atoms with Crippen LogP contribution in [0.25, 0.3) is 5.69 Å². The normalized spacial score (nSPS) is 10.5. The lowest BCUT2D eigenvalue weighted by molar-refractivity contribution is 0.630. The van der Waals surface area contributed by atoms with E-state index in [1.807, 2.05) is 44.3 Å². The maximum Gasteiger partial charge on any atom is 0.294 e. The Balaban J connectivity index is 2.75. The number of benzene rings is 1. The van der Waals surface area contributed by atoms with Gasteiger partial charge in [-0.3, -0.25) is 9.48 Å². The van der Waals surface area contributed by atoms with Crippen LogP contribution in [0.3, 0.4) is 0 Å². The summed E-state index contributed by atoms with van der Waals surface area (Å²) in [5.74, 6) is 0. The van der Waals surface area contributed by atoms with Crippen molar-refractivity contribution in [3.63, 3.8) is 0 Å². The van der Waals surface area contributed by atoms with Gasteiger partial charge in [-0.25, -0.2) is 4.68 Å². The van der Waals surface area contributed by atoms with E-state index < -0.39 is 0 Å². The van der Waals surface area contributed by atoms with Crippen LogP contribution in [0.4, 0.5) is 5.69 Å². The molecule has 0 aliphatic heterocycles. The standard InChI is InChI=1S/C11H13N3O/c1-8-10(12)11(15)14(13(8)2)9-6-4-3-5-7-9/h3-7H,12H2,1-2H3/i1+1,10+1,11+1. The van der Waals surface area contributed by atoms with Gasteiger partial charge in [-0.1, -0.05) is 18.2 Å². The molecule has 4 nitrogen and oxygen atoms in total. The highest BCUT2D eigenvalue weighted by Gasteiger charge is 2.12. The molecule has 0 radical (unpaired) electrons. The number of para-hydroxylation sites is 1. The zero-order chi connectivity index (χ0) is 11.0. The topological polar surface area (TPSA) is 52.9 Å². The molecular weight excluding hydrogens is 193 g/mol. The number of hydrogen-bond acceptors (Lipinski definition) is 2. The van der Waals surface area contributed by atoms with Crippen molar-refractivity contribution in [3.05, 3.63) is 46.4 Å². The van der Waals surface area contributed by atoms with Gasteiger partial charge in [0.2, 0.25) is 0 Å². The lowest BCUT2D eigenvalue weighted by atomic mass is 10.3. The second-order valence-electron chi connectivity index (χ2n) is 3.48. The molecule has 0 saturated heterocycles. The van der Waals surface area contributed by atoms with Crippen LogP contribution in [-0.4, -0.2) is 9.36 Å². The molecule has 78 valence electrons. The van der Waals surface area contributed by atoms with Gasteiger partial charge in [0.25, 0.3) is 5.56 Å². The molecule has 0 aliphatic carbocycles. The molecule has 0 bridgehead atoms. The molecule has 2 N–H and O–H groups in total. The van der Waals surface area contributed by atoms with Crippen molar-refractivity contribution in [1.82, 2.24) is 9.36 Å². The molecule has 0 atom stereocenters. The highest BCUT2D eigenvalue weighted by molar-refractivity contribution is 5.44. The average molecular weight is 206 g/mol. The fourth-order valence-electron chi connectivity index (χ4n) is 1.59. The van der Waals surface area contributed by atoms with Crippen LogP contribution >= 0.6 is 0 Å². The summed E-state index contributed by atoms with van der Waals surface area (Å²) in [6, 6.07) is 9.44. The van der Waals surface area contributed by atoms with Gasteiger partial charge in [-0.05, 0) is 19.1 Å². The zero-order valence-corrected chi connectivity index (χ0v) is 8.77. The maximum atomic E-state index is 11.8. The fourth-order valence-corrected chi connectivity index (χ4v) is 1.59. The first-order valence-electron chi connectivity index (χ1n) is 4.72. The first kappa shape index (κ1) is 9.58. The second kappa shape index (κ2) is 3.31. The second-order valence-corrected chi connectivity index (χ2v) is 3.48. The average Bonchev–Trinajstić information content (AvgIpc) is 2.45. The highest BCUT2D eigenvalue weighted by Crippen LogP contribution is 2.10. The fraction of sp³-hybridized carbons (Fsp3) is 0.182. The van der Waals surface area contributed by atoms with Gasteiger partial charge in [-0.15, -0.1) is 0 Å². The summed E-state index contributed by atoms with van der Waals surface area (Å²) in [5, 5.41) is 0. The first-order valence-corrected chi connectivity index (χ1v) is 4.72. The van der Waals surface area contributed by atoms with Crippen molar-refractivity contribution < 1.29 is 0 Å². The van der Waals surface area contributed by atoms with E-state index in [9.17, 15) is 4.79 Å². The number of nitrogens with two attached hydrogens (primary N) is 1. The van der Waals surface area contributed by atoms with Gasteiger partial charge in [0, 0.05) is 7.05 Å². The number of rotatable bonds is 1. The highest BCUT2D eigenvalue weighted by atomic mass is 16.2. The van der Waals surface area contributed by atoms with E-state index in [0.29, 0.717) is 5.69 Å². The van der Waals surface area contributed by atoms with Crippen LogP contribution in [0.1, 0.15) is 5.69 Å². The molecule has 1 aromatic carbocycles. The molecule has 2 rings (SSSR count). The Bertz CT molecular complexity index is 537. The molecule has 1 heterocycles. The predicted molar refractivity (Wildman–Crippen MR) is 60.2 cm³/mol. The van der Waals surface area contributed by atoms with Crippen molar-refractivity contribution in [3.8, 4) is 5.69 Å². The van der Waals surface area contributed by atoms with E-state index in [-0.39, 0.29) is 5.56 Å². The lowest BCUT2D eigenvalue weighted by Crippen LogP contribution is -2.20. The molecule has 0 aliphatic rings. The number of nitrogen functional groups attached to an aromatic ring is 1. The molecule has 4 heteroatoms. The van der Waals surface area contributed by atoms with Crippen molar-refractivity contribution in [2.75, 3.05) is 5.73 Å². The zero-order valence-electron chi connectivity index (χ0n) is 8.77. The molecule has 1 aromatic heterocycles. The van der Waals surface area contributed by atoms with Crippen LogP contribution in [0, 0.1) is 6.92 Å². The number of aromatic nitrogens is 2. The third-order valence-electron chi connectivity index (χ3n) is 2.60. The maximum absolute atomic E-state index is 11.8. The Morgan fingerprint density at radius 1 is 1.20 bits per heavy atom. The Morgan fingerprint density at radius 2 is 1.80 bits per heavy atom. The molecular formula is C11H13N3O. The predicted octanol–water partition coefficient (Wildman–Crippen LogP) is 1.07. The Kier molecular flexibility index (Phi) is 2.11. The molecule has 0 fully saturated rings. The summed E-state index contributed by atoms with van der Waals surface area (Å²) in [6.45, 7) is 1.83. The van der Waals surface area contributed by atoms with Crippen LogP contribution < -0.4 is 11.3 Å². The minimum Gasteiger partial charge on any atom is -0.393 e. The third kappa shape index (κ3) is 1.34. The molecule has 0 unspecified atom stereocenters. The van der Waals surface area contributed by atoms with Crippen molar-refractivity contribution >= 4 is 5.69 Å². The lowest BCUT2D eigenvalue weighted by Gasteiger charge is -2.07. The summed E-state index contributed by atoms with van der Waals surface area (Å²) in [5.41, 5.74) is 7.43. The number of anilines is 1. The van der Waals surface area contributed by atoms with Crippen LogP contribution in [0.5, 0.6) is 0 Å². The largest absolute Gasteiger partial charge is 0.393 e. The van der Waals surface area contributed by atoms with Gasteiger partial charge in [0.15, 0.2) is 0 Å². The summed E-state index contributed by atoms with van der Waals surface area (Å²) in [4.78, 5) is 11.8. The van der Waals surface area contributed by atoms with E-state index >= 15 is 0 Å². The summed E-state index contributed by atoms with van der Waals surface area (Å²) in [7, 11) is 1.82. The van der Waals surface area contributed by atoms with Gasteiger partial charge in [-0.2, -0.15) is 0 Å². The SMILES string of the molecule is Cn1c([13CH3])[13c](N)[13c](=O)n1-c1ccccc1. The number of nitrogens with zero attached hydrogens (tertiary/aromatic N) is 2. The first-order chi connectivity index (χ1) is 7.13. The van der Waals surface area contributed by atoms with Crippen LogP contribution in [0.2, 0.25) is 0 Å². The van der Waals surface area contributed by atoms with E-state index in [4.69, 9.17) is 5.73 Å². The summed E-state index contributed by atoms with van der Waals surface area (Å²) >= 11 is 0. The van der Waals surface area contributed by atoms with E-state index in [2.05, 4.69) is 0 Å². The van der Waals surface area contributed by atoms with Gasteiger partial charge < -0.3 is 5.73 Å². The van der Waals surface area contributed by atoms with Crippen molar-refractivity contribution in [2.24, 2.45) is 7.05 Å². The van der Waals surface area contributed by atoms with Crippen molar-refractivity contribution in [2.45, 2.75) is 6.92 Å². The molecule has 2 aromatic rings. The van der Waals surface area contributed by atoms with Gasteiger partial charge in [0.05, 0.1) is 11.4 Å². The molecule has 0 spiro atoms. The van der Waals surface area contributed by atoms with E-state index in [0.717, 1.165) is 11.4 Å². The smallest absolute Gasteiger partial charge is 0.294 e. The third-order valence-corrected chi connectivity index (χ3v) is 2.60. The molecule has 0 amide bonds. The summed E-state index contributed by atoms with van der Waals surface area (Å²) < 4.78 is 3.32. The minimum atomic E-state index is -0.166. The van der Waals surface area contributed by atoms with Crippen molar-refractivity contribution in [1.29, 1.82) is 0 Å². The molecule has 0 saturated carbocycles. The minimum absolute atomic E-state index is 0.166. The van der Waals surface area contributed by atoms with Crippen LogP contribution in [-0.2, 0) is 7.05 Å². The Labute approximate surface area is 87.5 Å². The van der Waals surface area contributed by atoms with E-state index in [1.54, 1.807) is 9.36 Å². The summed E-state index contributed by atoms with van der Waals surface area (Å²) in [6.07, 6.45) is 0. The Hall–Kier alpha value is -1.97. The van der Waals surface area contributed by atoms with Crippen LogP contribution in [0.15, 0.2) is 35.1 Å². The quantitative estimate of drug-likeness (QED) is 0.709.